The van der Waals surface area contributed by atoms with Crippen LogP contribution in [0, 0.1) is 6.92 Å². The van der Waals surface area contributed by atoms with Crippen LogP contribution in [0.2, 0.25) is 0 Å². The quantitative estimate of drug-likeness (QED) is 0.901. The number of likely N-dealkylation sites (N-methyl/N-ethyl adjacent to an activating group) is 1. The molecule has 0 spiro atoms. The molecule has 1 N–H and O–H groups in total. The van der Waals surface area contributed by atoms with E-state index in [1.165, 1.54) is 16.7 Å². The fourth-order valence-electron chi connectivity index (χ4n) is 2.71. The number of nitrogens with zero attached hydrogens (tertiary/aromatic N) is 1. The average molecular weight is 254 g/mol. The molecule has 0 fully saturated rings. The molecule has 0 amide bonds. The van der Waals surface area contributed by atoms with Crippen LogP contribution in [0.5, 0.6) is 0 Å². The van der Waals surface area contributed by atoms with Gasteiger partial charge in [-0.15, -0.1) is 0 Å². The van der Waals surface area contributed by atoms with Gasteiger partial charge in [-0.05, 0) is 30.7 Å². The Morgan fingerprint density at radius 2 is 1.79 bits per heavy atom. The molecule has 0 saturated heterocycles. The molecule has 0 aliphatic carbocycles. The highest BCUT2D eigenvalue weighted by Crippen LogP contribution is 2.36. The zero-order valence-corrected chi connectivity index (χ0v) is 12.1. The third-order valence-corrected chi connectivity index (χ3v) is 3.76. The number of benzene rings is 1. The van der Waals surface area contributed by atoms with Gasteiger partial charge >= 0.3 is 0 Å². The molecule has 0 saturated carbocycles. The van der Waals surface area contributed by atoms with Crippen molar-refractivity contribution < 1.29 is 0 Å². The van der Waals surface area contributed by atoms with Crippen LogP contribution in [0.3, 0.4) is 0 Å². The lowest BCUT2D eigenvalue weighted by atomic mass is 9.75. The van der Waals surface area contributed by atoms with E-state index in [4.69, 9.17) is 0 Å². The summed E-state index contributed by atoms with van der Waals surface area (Å²) in [4.78, 5) is 4.32. The SMILES string of the molecule is CNC(c1cncc(C)c1)C(C)(C)c1ccccc1. The summed E-state index contributed by atoms with van der Waals surface area (Å²) in [6, 6.07) is 13.1. The molecule has 1 aromatic carbocycles. The van der Waals surface area contributed by atoms with E-state index in [0.717, 1.165) is 0 Å². The molecule has 2 aromatic rings. The molecule has 0 bridgehead atoms. The molecule has 2 nitrogen and oxygen atoms in total. The third kappa shape index (κ3) is 2.85. The second kappa shape index (κ2) is 5.54. The zero-order chi connectivity index (χ0) is 13.9. The number of rotatable bonds is 4. The number of aromatic nitrogens is 1. The normalized spacial score (nSPS) is 13.3. The van der Waals surface area contributed by atoms with Crippen LogP contribution in [0.1, 0.15) is 36.6 Å². The van der Waals surface area contributed by atoms with Crippen LogP contribution in [-0.2, 0) is 5.41 Å². The molecule has 1 unspecified atom stereocenters. The maximum Gasteiger partial charge on any atom is 0.0425 e. The van der Waals surface area contributed by atoms with Gasteiger partial charge < -0.3 is 5.32 Å². The Hall–Kier alpha value is -1.67. The van der Waals surface area contributed by atoms with Crippen LogP contribution in [0.15, 0.2) is 48.8 Å². The van der Waals surface area contributed by atoms with Crippen molar-refractivity contribution in [2.45, 2.75) is 32.2 Å². The van der Waals surface area contributed by atoms with E-state index in [1.54, 1.807) is 0 Å². The van der Waals surface area contributed by atoms with E-state index in [1.807, 2.05) is 19.4 Å². The molecular weight excluding hydrogens is 232 g/mol. The summed E-state index contributed by atoms with van der Waals surface area (Å²) in [6.45, 7) is 6.62. The zero-order valence-electron chi connectivity index (χ0n) is 12.1. The van der Waals surface area contributed by atoms with Crippen LogP contribution in [0.4, 0.5) is 0 Å². The summed E-state index contributed by atoms with van der Waals surface area (Å²) in [5.41, 5.74) is 3.76. The summed E-state index contributed by atoms with van der Waals surface area (Å²) >= 11 is 0. The van der Waals surface area contributed by atoms with Gasteiger partial charge in [0.15, 0.2) is 0 Å². The first-order chi connectivity index (χ1) is 9.05. The van der Waals surface area contributed by atoms with E-state index in [0.29, 0.717) is 0 Å². The van der Waals surface area contributed by atoms with Crippen LogP contribution < -0.4 is 5.32 Å². The highest BCUT2D eigenvalue weighted by Gasteiger charge is 2.31. The minimum absolute atomic E-state index is 0.00544. The first-order valence-electron chi connectivity index (χ1n) is 6.70. The molecule has 19 heavy (non-hydrogen) atoms. The van der Waals surface area contributed by atoms with Crippen LogP contribution in [0.25, 0.3) is 0 Å². The third-order valence-electron chi connectivity index (χ3n) is 3.76. The Bertz CT molecular complexity index is 532. The molecule has 1 aromatic heterocycles. The largest absolute Gasteiger partial charge is 0.312 e. The number of hydrogen-bond donors (Lipinski definition) is 1. The van der Waals surface area contributed by atoms with E-state index in [9.17, 15) is 0 Å². The van der Waals surface area contributed by atoms with Gasteiger partial charge in [-0.25, -0.2) is 0 Å². The molecule has 2 rings (SSSR count). The highest BCUT2D eigenvalue weighted by atomic mass is 14.9. The second-order valence-electron chi connectivity index (χ2n) is 5.61. The molecule has 1 atom stereocenters. The Kier molecular flexibility index (Phi) is 4.01. The van der Waals surface area contributed by atoms with Gasteiger partial charge in [0, 0.05) is 23.9 Å². The Morgan fingerprint density at radius 1 is 1.11 bits per heavy atom. The van der Waals surface area contributed by atoms with Gasteiger partial charge in [-0.1, -0.05) is 50.2 Å². The summed E-state index contributed by atoms with van der Waals surface area (Å²) < 4.78 is 0. The lowest BCUT2D eigenvalue weighted by Gasteiger charge is -2.35. The summed E-state index contributed by atoms with van der Waals surface area (Å²) in [7, 11) is 2.01. The molecule has 0 aliphatic rings. The number of pyridine rings is 1. The van der Waals surface area contributed by atoms with E-state index < -0.39 is 0 Å². The standard InChI is InChI=1S/C17H22N2/c1-13-10-14(12-19-11-13)16(18-4)17(2,3)15-8-6-5-7-9-15/h5-12,16,18H,1-4H3. The van der Waals surface area contributed by atoms with Crippen molar-refractivity contribution in [3.63, 3.8) is 0 Å². The van der Waals surface area contributed by atoms with E-state index in [-0.39, 0.29) is 11.5 Å². The van der Waals surface area contributed by atoms with Crippen LogP contribution >= 0.6 is 0 Å². The molecule has 2 heteroatoms. The molecule has 0 aliphatic heterocycles. The Morgan fingerprint density at radius 3 is 2.37 bits per heavy atom. The Labute approximate surface area is 115 Å². The van der Waals surface area contributed by atoms with Crippen molar-refractivity contribution in [2.75, 3.05) is 7.05 Å². The van der Waals surface area contributed by atoms with Gasteiger partial charge in [0.2, 0.25) is 0 Å². The second-order valence-corrected chi connectivity index (χ2v) is 5.61. The molecule has 0 radical (unpaired) electrons. The average Bonchev–Trinajstić information content (AvgIpc) is 2.40. The first kappa shape index (κ1) is 13.8. The van der Waals surface area contributed by atoms with Gasteiger partial charge in [-0.3, -0.25) is 4.98 Å². The fourth-order valence-corrected chi connectivity index (χ4v) is 2.71. The fraction of sp³-hybridized carbons (Fsp3) is 0.353. The number of hydrogen-bond acceptors (Lipinski definition) is 2. The van der Waals surface area contributed by atoms with Crippen molar-refractivity contribution in [2.24, 2.45) is 0 Å². The molecule has 1 heterocycles. The predicted molar refractivity (Wildman–Crippen MR) is 80.2 cm³/mol. The predicted octanol–water partition coefficient (Wildman–Crippen LogP) is 3.63. The summed E-state index contributed by atoms with van der Waals surface area (Å²) in [5.74, 6) is 0. The van der Waals surface area contributed by atoms with Crippen molar-refractivity contribution >= 4 is 0 Å². The molecule has 100 valence electrons. The number of nitrogens with one attached hydrogen (secondary N) is 1. The lowest BCUT2D eigenvalue weighted by molar-refractivity contribution is 0.368. The minimum Gasteiger partial charge on any atom is -0.312 e. The van der Waals surface area contributed by atoms with Crippen molar-refractivity contribution in [3.8, 4) is 0 Å². The van der Waals surface area contributed by atoms with Crippen molar-refractivity contribution in [1.82, 2.24) is 10.3 Å². The van der Waals surface area contributed by atoms with Gasteiger partial charge in [-0.2, -0.15) is 0 Å². The minimum atomic E-state index is 0.00544. The summed E-state index contributed by atoms with van der Waals surface area (Å²) in [5, 5.41) is 3.44. The smallest absolute Gasteiger partial charge is 0.0425 e. The monoisotopic (exact) mass is 254 g/mol. The van der Waals surface area contributed by atoms with Gasteiger partial charge in [0.25, 0.3) is 0 Å². The Balaban J connectivity index is 2.41. The van der Waals surface area contributed by atoms with E-state index >= 15 is 0 Å². The lowest BCUT2D eigenvalue weighted by Crippen LogP contribution is -2.35. The van der Waals surface area contributed by atoms with E-state index in [2.05, 4.69) is 67.5 Å². The molecular formula is C17H22N2. The maximum atomic E-state index is 4.32. The van der Waals surface area contributed by atoms with Gasteiger partial charge in [0.1, 0.15) is 0 Å². The van der Waals surface area contributed by atoms with Crippen LogP contribution in [-0.4, -0.2) is 12.0 Å². The number of aryl methyl sites for hydroxylation is 1. The van der Waals surface area contributed by atoms with Crippen molar-refractivity contribution in [1.29, 1.82) is 0 Å². The maximum absolute atomic E-state index is 4.32. The first-order valence-corrected chi connectivity index (χ1v) is 6.70. The highest BCUT2D eigenvalue weighted by molar-refractivity contribution is 5.31. The topological polar surface area (TPSA) is 24.9 Å². The summed E-state index contributed by atoms with van der Waals surface area (Å²) in [6.07, 6.45) is 3.85. The van der Waals surface area contributed by atoms with Crippen molar-refractivity contribution in [3.05, 3.63) is 65.5 Å². The van der Waals surface area contributed by atoms with Gasteiger partial charge in [0.05, 0.1) is 0 Å².